The second-order valence-electron chi connectivity index (χ2n) is 6.34. The summed E-state index contributed by atoms with van der Waals surface area (Å²) in [7, 11) is 0. The van der Waals surface area contributed by atoms with Gasteiger partial charge in [-0.3, -0.25) is 0 Å². The Morgan fingerprint density at radius 1 is 1.00 bits per heavy atom. The molecule has 2 aromatic carbocycles. The van der Waals surface area contributed by atoms with Crippen LogP contribution in [-0.2, 0) is 6.42 Å². The topological polar surface area (TPSA) is 32.3 Å². The van der Waals surface area contributed by atoms with Crippen molar-refractivity contribution >= 4 is 12.4 Å². The van der Waals surface area contributed by atoms with Crippen molar-refractivity contribution in [3.63, 3.8) is 0 Å². The van der Waals surface area contributed by atoms with Crippen LogP contribution in [0.15, 0.2) is 54.6 Å². The Morgan fingerprint density at radius 3 is 2.14 bits per heavy atom. The van der Waals surface area contributed by atoms with Crippen molar-refractivity contribution in [2.45, 2.75) is 38.8 Å². The second kappa shape index (κ2) is 8.33. The molecular weight excluding hydrogens is 294 g/mol. The van der Waals surface area contributed by atoms with Gasteiger partial charge in [-0.25, -0.2) is 0 Å². The molecule has 0 bridgehead atoms. The third kappa shape index (κ3) is 5.45. The number of rotatable bonds is 6. The smallest absolute Gasteiger partial charge is 0.0608 e. The number of aliphatic hydroxyl groups excluding tert-OH is 1. The van der Waals surface area contributed by atoms with Crippen LogP contribution in [0.3, 0.4) is 0 Å². The zero-order valence-electron chi connectivity index (χ0n) is 13.5. The lowest BCUT2D eigenvalue weighted by Gasteiger charge is -2.31. The van der Waals surface area contributed by atoms with Crippen molar-refractivity contribution in [3.8, 4) is 0 Å². The predicted molar refractivity (Wildman–Crippen MR) is 95.6 cm³/mol. The summed E-state index contributed by atoms with van der Waals surface area (Å²) in [5, 5.41) is 13.1. The number of hydrogen-bond donors (Lipinski definition) is 2. The largest absolute Gasteiger partial charge is 0.394 e. The third-order valence-corrected chi connectivity index (χ3v) is 3.72. The highest BCUT2D eigenvalue weighted by Crippen LogP contribution is 2.22. The summed E-state index contributed by atoms with van der Waals surface area (Å²) in [6.07, 6.45) is 0.910. The van der Waals surface area contributed by atoms with Gasteiger partial charge in [0.05, 0.1) is 6.61 Å². The minimum atomic E-state index is -0.301. The SMILES string of the molecule is Cc1ccc(C(Cc2ccccc2)NC(C)(C)CO)cc1.Cl. The van der Waals surface area contributed by atoms with Gasteiger partial charge in [0, 0.05) is 11.6 Å². The number of halogens is 1. The van der Waals surface area contributed by atoms with Crippen LogP contribution in [0.4, 0.5) is 0 Å². The van der Waals surface area contributed by atoms with E-state index in [2.05, 4.69) is 60.8 Å². The highest BCUT2D eigenvalue weighted by Gasteiger charge is 2.22. The van der Waals surface area contributed by atoms with Crippen LogP contribution in [-0.4, -0.2) is 17.3 Å². The van der Waals surface area contributed by atoms with E-state index in [4.69, 9.17) is 0 Å². The number of aryl methyl sites for hydroxylation is 1. The van der Waals surface area contributed by atoms with Gasteiger partial charge in [0.1, 0.15) is 0 Å². The lowest BCUT2D eigenvalue weighted by atomic mass is 9.95. The molecule has 0 aliphatic rings. The van der Waals surface area contributed by atoms with Crippen LogP contribution in [0.1, 0.15) is 36.6 Å². The van der Waals surface area contributed by atoms with Crippen molar-refractivity contribution in [1.29, 1.82) is 0 Å². The molecule has 0 aromatic heterocycles. The molecule has 2 rings (SSSR count). The van der Waals surface area contributed by atoms with Crippen LogP contribution in [0.5, 0.6) is 0 Å². The Kier molecular flexibility index (Phi) is 7.08. The van der Waals surface area contributed by atoms with E-state index in [-0.39, 0.29) is 30.6 Å². The molecule has 2 nitrogen and oxygen atoms in total. The molecule has 1 unspecified atom stereocenters. The highest BCUT2D eigenvalue weighted by molar-refractivity contribution is 5.85. The van der Waals surface area contributed by atoms with E-state index in [0.717, 1.165) is 6.42 Å². The molecule has 0 aliphatic heterocycles. The first-order chi connectivity index (χ1) is 10.00. The standard InChI is InChI=1S/C19H25NO.ClH/c1-15-9-11-17(12-10-15)18(20-19(2,3)14-21)13-16-7-5-4-6-8-16;/h4-12,18,20-21H,13-14H2,1-3H3;1H. The average molecular weight is 320 g/mol. The van der Waals surface area contributed by atoms with Crippen molar-refractivity contribution in [3.05, 3.63) is 71.3 Å². The van der Waals surface area contributed by atoms with E-state index in [0.29, 0.717) is 0 Å². The fourth-order valence-corrected chi connectivity index (χ4v) is 2.42. The zero-order valence-corrected chi connectivity index (χ0v) is 14.4. The predicted octanol–water partition coefficient (Wildman–Crippen LogP) is 4.06. The molecule has 0 aliphatic carbocycles. The molecule has 1 atom stereocenters. The number of aliphatic hydroxyl groups is 1. The number of hydrogen-bond acceptors (Lipinski definition) is 2. The van der Waals surface area contributed by atoms with Crippen molar-refractivity contribution < 1.29 is 5.11 Å². The maximum atomic E-state index is 9.54. The van der Waals surface area contributed by atoms with Gasteiger partial charge >= 0.3 is 0 Å². The second-order valence-corrected chi connectivity index (χ2v) is 6.34. The zero-order chi connectivity index (χ0) is 15.3. The fraction of sp³-hybridized carbons (Fsp3) is 0.368. The molecule has 22 heavy (non-hydrogen) atoms. The minimum Gasteiger partial charge on any atom is -0.394 e. The van der Waals surface area contributed by atoms with E-state index in [9.17, 15) is 5.11 Å². The summed E-state index contributed by atoms with van der Waals surface area (Å²) in [4.78, 5) is 0. The molecule has 0 spiro atoms. The molecule has 2 N–H and O–H groups in total. The van der Waals surface area contributed by atoms with Gasteiger partial charge in [-0.05, 0) is 38.3 Å². The average Bonchev–Trinajstić information content (AvgIpc) is 2.48. The van der Waals surface area contributed by atoms with Gasteiger partial charge in [-0.2, -0.15) is 0 Å². The third-order valence-electron chi connectivity index (χ3n) is 3.72. The Bertz CT molecular complexity index is 551. The van der Waals surface area contributed by atoms with Gasteiger partial charge < -0.3 is 10.4 Å². The summed E-state index contributed by atoms with van der Waals surface area (Å²) in [5.41, 5.74) is 3.51. The van der Waals surface area contributed by atoms with E-state index in [1.165, 1.54) is 16.7 Å². The van der Waals surface area contributed by atoms with Crippen LogP contribution in [0.25, 0.3) is 0 Å². The molecule has 0 saturated heterocycles. The molecule has 3 heteroatoms. The number of benzene rings is 2. The van der Waals surface area contributed by atoms with Crippen LogP contribution in [0, 0.1) is 6.92 Å². The first-order valence-electron chi connectivity index (χ1n) is 7.49. The highest BCUT2D eigenvalue weighted by atomic mass is 35.5. The minimum absolute atomic E-state index is 0. The Labute approximate surface area is 140 Å². The van der Waals surface area contributed by atoms with Gasteiger partial charge in [-0.15, -0.1) is 12.4 Å². The molecule has 0 amide bonds. The van der Waals surface area contributed by atoms with Gasteiger partial charge in [0.15, 0.2) is 0 Å². The van der Waals surface area contributed by atoms with Gasteiger partial charge in [0.2, 0.25) is 0 Å². The fourth-order valence-electron chi connectivity index (χ4n) is 2.42. The Hall–Kier alpha value is -1.35. The summed E-state index contributed by atoms with van der Waals surface area (Å²) < 4.78 is 0. The summed E-state index contributed by atoms with van der Waals surface area (Å²) in [5.74, 6) is 0. The van der Waals surface area contributed by atoms with E-state index in [1.807, 2.05) is 19.9 Å². The lowest BCUT2D eigenvalue weighted by Crippen LogP contribution is -2.45. The maximum absolute atomic E-state index is 9.54. The Morgan fingerprint density at radius 2 is 1.59 bits per heavy atom. The summed E-state index contributed by atoms with van der Waals surface area (Å²) >= 11 is 0. The quantitative estimate of drug-likeness (QED) is 0.841. The summed E-state index contributed by atoms with van der Waals surface area (Å²) in [6.45, 7) is 6.27. The molecule has 0 radical (unpaired) electrons. The van der Waals surface area contributed by atoms with Crippen LogP contribution in [0.2, 0.25) is 0 Å². The Balaban J connectivity index is 0.00000242. The van der Waals surface area contributed by atoms with Gasteiger partial charge in [-0.1, -0.05) is 60.2 Å². The van der Waals surface area contributed by atoms with Crippen molar-refractivity contribution in [2.75, 3.05) is 6.61 Å². The monoisotopic (exact) mass is 319 g/mol. The van der Waals surface area contributed by atoms with Gasteiger partial charge in [0.25, 0.3) is 0 Å². The first kappa shape index (κ1) is 18.7. The molecule has 0 fully saturated rings. The summed E-state index contributed by atoms with van der Waals surface area (Å²) in [6, 6.07) is 19.3. The first-order valence-corrected chi connectivity index (χ1v) is 7.49. The van der Waals surface area contributed by atoms with E-state index in [1.54, 1.807) is 0 Å². The molecule has 0 heterocycles. The molecule has 2 aromatic rings. The van der Waals surface area contributed by atoms with Crippen molar-refractivity contribution in [1.82, 2.24) is 5.32 Å². The molecular formula is C19H26ClNO. The lowest BCUT2D eigenvalue weighted by molar-refractivity contribution is 0.174. The van der Waals surface area contributed by atoms with Crippen LogP contribution < -0.4 is 5.32 Å². The van der Waals surface area contributed by atoms with E-state index < -0.39 is 0 Å². The van der Waals surface area contributed by atoms with Crippen molar-refractivity contribution in [2.24, 2.45) is 0 Å². The normalized spacial score (nSPS) is 12.5. The number of nitrogens with one attached hydrogen (secondary N) is 1. The molecule has 120 valence electrons. The molecule has 0 saturated carbocycles. The maximum Gasteiger partial charge on any atom is 0.0608 e. The van der Waals surface area contributed by atoms with E-state index >= 15 is 0 Å². The van der Waals surface area contributed by atoms with Crippen LogP contribution >= 0.6 is 12.4 Å².